The number of hydrogen-bond donors (Lipinski definition) is 1. The fraction of sp³-hybridized carbons (Fsp3) is 0.290. The van der Waals surface area contributed by atoms with Crippen LogP contribution in [0.1, 0.15) is 47.8 Å². The lowest BCUT2D eigenvalue weighted by molar-refractivity contribution is 0.0697. The van der Waals surface area contributed by atoms with Crippen LogP contribution in [0.25, 0.3) is 11.3 Å². The van der Waals surface area contributed by atoms with Crippen LogP contribution in [0.3, 0.4) is 0 Å². The van der Waals surface area contributed by atoms with E-state index >= 15 is 0 Å². The third kappa shape index (κ3) is 7.20. The van der Waals surface area contributed by atoms with E-state index in [1.807, 2.05) is 19.2 Å². The predicted molar refractivity (Wildman–Crippen MR) is 155 cm³/mol. The van der Waals surface area contributed by atoms with E-state index in [1.54, 1.807) is 23.5 Å². The van der Waals surface area contributed by atoms with Gasteiger partial charge >= 0.3 is 5.97 Å². The van der Waals surface area contributed by atoms with E-state index in [0.717, 1.165) is 34.9 Å². The molecule has 3 aromatic carbocycles. The summed E-state index contributed by atoms with van der Waals surface area (Å²) in [6.45, 7) is 8.33. The molecule has 0 aliphatic heterocycles. The van der Waals surface area contributed by atoms with Gasteiger partial charge in [-0.05, 0) is 52.8 Å². The Morgan fingerprint density at radius 3 is 1.92 bits per heavy atom. The largest absolute Gasteiger partial charge is 0.478 e. The molecule has 4 aromatic rings. The Bertz CT molecular complexity index is 1320. The van der Waals surface area contributed by atoms with Gasteiger partial charge in [0.2, 0.25) is 0 Å². The molecule has 1 N–H and O–H groups in total. The van der Waals surface area contributed by atoms with Gasteiger partial charge in [0.25, 0.3) is 0 Å². The van der Waals surface area contributed by atoms with Crippen LogP contribution in [0, 0.1) is 5.41 Å². The predicted octanol–water partition coefficient (Wildman–Crippen LogP) is 7.37. The highest BCUT2D eigenvalue weighted by Gasteiger charge is 2.13. The fourth-order valence-corrected chi connectivity index (χ4v) is 5.09. The normalized spacial score (nSPS) is 11.4. The number of aromatic carboxylic acids is 1. The van der Waals surface area contributed by atoms with E-state index in [-0.39, 0.29) is 0 Å². The molecule has 0 amide bonds. The van der Waals surface area contributed by atoms with Gasteiger partial charge in [-0.1, -0.05) is 69.3 Å². The number of anilines is 2. The zero-order valence-corrected chi connectivity index (χ0v) is 23.0. The molecule has 4 rings (SSSR count). The average molecular weight is 514 g/mol. The van der Waals surface area contributed by atoms with Crippen molar-refractivity contribution in [2.75, 3.05) is 23.9 Å². The lowest BCUT2D eigenvalue weighted by Crippen LogP contribution is -2.16. The number of aromatic nitrogens is 1. The van der Waals surface area contributed by atoms with Gasteiger partial charge in [0.05, 0.1) is 11.3 Å². The molecule has 0 aliphatic rings. The second kappa shape index (κ2) is 11.2. The van der Waals surface area contributed by atoms with Crippen molar-refractivity contribution < 1.29 is 9.90 Å². The summed E-state index contributed by atoms with van der Waals surface area (Å²) < 4.78 is 0. The number of nitrogens with zero attached hydrogens (tertiary/aromatic N) is 3. The number of carboxylic acid groups (broad SMARTS) is 1. The second-order valence-corrected chi connectivity index (χ2v) is 11.7. The minimum Gasteiger partial charge on any atom is -0.478 e. The molecule has 5 nitrogen and oxygen atoms in total. The number of thiazole rings is 1. The van der Waals surface area contributed by atoms with Crippen molar-refractivity contribution in [3.63, 3.8) is 0 Å². The Balaban J connectivity index is 1.36. The molecule has 37 heavy (non-hydrogen) atoms. The summed E-state index contributed by atoms with van der Waals surface area (Å²) in [5.74, 6) is -0.910. The first kappa shape index (κ1) is 26.4. The van der Waals surface area contributed by atoms with E-state index in [1.165, 1.54) is 16.8 Å². The molecule has 1 aromatic heterocycles. The summed E-state index contributed by atoms with van der Waals surface area (Å²) in [4.78, 5) is 20.2. The van der Waals surface area contributed by atoms with Gasteiger partial charge in [0, 0.05) is 43.8 Å². The van der Waals surface area contributed by atoms with Crippen LogP contribution in [-0.4, -0.2) is 30.2 Å². The van der Waals surface area contributed by atoms with Gasteiger partial charge in [-0.2, -0.15) is 0 Å². The van der Waals surface area contributed by atoms with Crippen molar-refractivity contribution in [2.45, 2.75) is 40.3 Å². The van der Waals surface area contributed by atoms with Crippen LogP contribution < -0.4 is 9.80 Å². The van der Waals surface area contributed by atoms with Crippen LogP contribution in [0.15, 0.2) is 78.2 Å². The van der Waals surface area contributed by atoms with Crippen LogP contribution in [-0.2, 0) is 19.5 Å². The number of hydrogen-bond acceptors (Lipinski definition) is 5. The van der Waals surface area contributed by atoms with Crippen LogP contribution in [0.4, 0.5) is 10.8 Å². The molecular formula is C31H35N3O2S. The molecule has 0 atom stereocenters. The van der Waals surface area contributed by atoms with E-state index < -0.39 is 5.97 Å². The maximum atomic E-state index is 11.1. The van der Waals surface area contributed by atoms with Gasteiger partial charge in [-0.3, -0.25) is 0 Å². The van der Waals surface area contributed by atoms with Gasteiger partial charge in [0.1, 0.15) is 0 Å². The van der Waals surface area contributed by atoms with E-state index in [0.29, 0.717) is 17.5 Å². The van der Waals surface area contributed by atoms with Gasteiger partial charge in [0.15, 0.2) is 5.13 Å². The second-order valence-electron chi connectivity index (χ2n) is 10.8. The smallest absolute Gasteiger partial charge is 0.335 e. The van der Waals surface area contributed by atoms with Gasteiger partial charge in [-0.15, -0.1) is 11.3 Å². The first-order valence-corrected chi connectivity index (χ1v) is 13.3. The van der Waals surface area contributed by atoms with Crippen molar-refractivity contribution in [3.8, 4) is 11.3 Å². The summed E-state index contributed by atoms with van der Waals surface area (Å²) in [6.07, 6.45) is 1.08. The van der Waals surface area contributed by atoms with Crippen molar-refractivity contribution in [1.29, 1.82) is 0 Å². The third-order valence-electron chi connectivity index (χ3n) is 6.22. The highest BCUT2D eigenvalue weighted by atomic mass is 32.1. The average Bonchev–Trinajstić information content (AvgIpc) is 3.35. The number of carbonyl (C=O) groups is 1. The number of benzene rings is 3. The third-order valence-corrected chi connectivity index (χ3v) is 7.18. The van der Waals surface area contributed by atoms with E-state index in [2.05, 4.69) is 91.5 Å². The summed E-state index contributed by atoms with van der Waals surface area (Å²) in [6, 6.07) is 24.5. The molecule has 192 valence electrons. The summed E-state index contributed by atoms with van der Waals surface area (Å²) in [7, 11) is 4.12. The molecule has 0 aliphatic carbocycles. The molecule has 0 bridgehead atoms. The topological polar surface area (TPSA) is 56.7 Å². The molecule has 6 heteroatoms. The van der Waals surface area contributed by atoms with Crippen molar-refractivity contribution in [3.05, 3.63) is 100 Å². The van der Waals surface area contributed by atoms with Crippen molar-refractivity contribution in [2.24, 2.45) is 5.41 Å². The summed E-state index contributed by atoms with van der Waals surface area (Å²) >= 11 is 1.61. The minimum atomic E-state index is -0.910. The Kier molecular flexibility index (Phi) is 7.98. The molecule has 0 unspecified atom stereocenters. The molecule has 0 saturated carbocycles. The molecule has 0 saturated heterocycles. The maximum Gasteiger partial charge on any atom is 0.335 e. The monoisotopic (exact) mass is 513 g/mol. The first-order chi connectivity index (χ1) is 17.6. The molecule has 1 heterocycles. The Morgan fingerprint density at radius 1 is 0.811 bits per heavy atom. The Labute approximate surface area is 224 Å². The highest BCUT2D eigenvalue weighted by Crippen LogP contribution is 2.29. The van der Waals surface area contributed by atoms with Crippen LogP contribution in [0.2, 0.25) is 0 Å². The lowest BCUT2D eigenvalue weighted by atomic mass is 9.88. The molecule has 0 spiro atoms. The van der Waals surface area contributed by atoms with E-state index in [9.17, 15) is 4.79 Å². The summed E-state index contributed by atoms with van der Waals surface area (Å²) in [5, 5.41) is 12.1. The number of rotatable bonds is 9. The van der Waals surface area contributed by atoms with Gasteiger partial charge in [-0.25, -0.2) is 9.78 Å². The first-order valence-electron chi connectivity index (χ1n) is 12.5. The minimum absolute atomic E-state index is 0.295. The standard InChI is InChI=1S/C31H35N3O2S/c1-31(2,3)18-22-6-8-23(9-7-22)19-33(4)27-16-14-25(15-17-27)28-21-37-30(32-28)34(5)20-24-10-12-26(13-11-24)29(35)36/h6-17,21H,18-20H2,1-5H3,(H,35,36). The zero-order valence-electron chi connectivity index (χ0n) is 22.2. The SMILES string of the molecule is CN(Cc1ccc(CC(C)(C)C)cc1)c1ccc(-c2csc(N(C)Cc3ccc(C(=O)O)cc3)n2)cc1. The molecule has 0 fully saturated rings. The van der Waals surface area contributed by atoms with Gasteiger partial charge < -0.3 is 14.9 Å². The Morgan fingerprint density at radius 2 is 1.35 bits per heavy atom. The fourth-order valence-electron chi connectivity index (χ4n) is 4.29. The summed E-state index contributed by atoms with van der Waals surface area (Å²) in [5.41, 5.74) is 7.53. The van der Waals surface area contributed by atoms with E-state index in [4.69, 9.17) is 10.1 Å². The Hall–Kier alpha value is -3.64. The van der Waals surface area contributed by atoms with Crippen molar-refractivity contribution >= 4 is 28.1 Å². The molecule has 0 radical (unpaired) electrons. The molecular weight excluding hydrogens is 478 g/mol. The lowest BCUT2D eigenvalue weighted by Gasteiger charge is -2.21. The van der Waals surface area contributed by atoms with Crippen molar-refractivity contribution in [1.82, 2.24) is 4.98 Å². The zero-order chi connectivity index (χ0) is 26.6. The van der Waals surface area contributed by atoms with Crippen LogP contribution >= 0.6 is 11.3 Å². The highest BCUT2D eigenvalue weighted by molar-refractivity contribution is 7.14. The quantitative estimate of drug-likeness (QED) is 0.253. The maximum absolute atomic E-state index is 11.1. The van der Waals surface area contributed by atoms with Crippen LogP contribution in [0.5, 0.6) is 0 Å². The number of carboxylic acids is 1.